The predicted octanol–water partition coefficient (Wildman–Crippen LogP) is 2.06. The Morgan fingerprint density at radius 3 is 2.91 bits per heavy atom. The molecule has 2 aromatic heterocycles. The number of amides is 1. The molecule has 3 heterocycles. The summed E-state index contributed by atoms with van der Waals surface area (Å²) in [4.78, 5) is 25.3. The van der Waals surface area contributed by atoms with Gasteiger partial charge in [-0.1, -0.05) is 6.92 Å². The van der Waals surface area contributed by atoms with Crippen LogP contribution in [0.5, 0.6) is 0 Å². The number of aryl methyl sites for hydroxylation is 4. The SMILES string of the molecule is CCc1cc(C)nc(NC(=O)Cc2cn3c(n2)CCCC3)n1. The molecule has 3 rings (SSSR count). The van der Waals surface area contributed by atoms with Crippen molar-refractivity contribution < 1.29 is 4.79 Å². The topological polar surface area (TPSA) is 72.7 Å². The average molecular weight is 299 g/mol. The third-order valence-electron chi connectivity index (χ3n) is 3.82. The van der Waals surface area contributed by atoms with Gasteiger partial charge in [0.15, 0.2) is 0 Å². The molecule has 1 aliphatic heterocycles. The summed E-state index contributed by atoms with van der Waals surface area (Å²) in [5.74, 6) is 1.35. The minimum Gasteiger partial charge on any atom is -0.335 e. The third kappa shape index (κ3) is 3.32. The highest BCUT2D eigenvalue weighted by atomic mass is 16.1. The van der Waals surface area contributed by atoms with Gasteiger partial charge in [0.1, 0.15) is 5.82 Å². The van der Waals surface area contributed by atoms with E-state index in [4.69, 9.17) is 0 Å². The molecule has 0 aromatic carbocycles. The molecule has 22 heavy (non-hydrogen) atoms. The molecule has 6 heteroatoms. The number of nitrogens with zero attached hydrogens (tertiary/aromatic N) is 4. The highest BCUT2D eigenvalue weighted by molar-refractivity contribution is 5.90. The highest BCUT2D eigenvalue weighted by Gasteiger charge is 2.15. The van der Waals surface area contributed by atoms with Gasteiger partial charge in [-0.05, 0) is 32.3 Å². The first-order valence-corrected chi connectivity index (χ1v) is 7.83. The van der Waals surface area contributed by atoms with Crippen LogP contribution in [0.4, 0.5) is 5.95 Å². The van der Waals surface area contributed by atoms with Crippen LogP contribution in [0.15, 0.2) is 12.3 Å². The van der Waals surface area contributed by atoms with Crippen molar-refractivity contribution in [2.24, 2.45) is 0 Å². The van der Waals surface area contributed by atoms with E-state index >= 15 is 0 Å². The van der Waals surface area contributed by atoms with Gasteiger partial charge in [0.25, 0.3) is 0 Å². The van der Waals surface area contributed by atoms with Crippen molar-refractivity contribution >= 4 is 11.9 Å². The number of hydrogen-bond acceptors (Lipinski definition) is 4. The molecule has 0 radical (unpaired) electrons. The molecule has 0 aliphatic carbocycles. The lowest BCUT2D eigenvalue weighted by atomic mass is 10.2. The Bertz CT molecular complexity index is 668. The summed E-state index contributed by atoms with van der Waals surface area (Å²) in [6, 6.07) is 1.93. The summed E-state index contributed by atoms with van der Waals surface area (Å²) in [7, 11) is 0. The number of anilines is 1. The molecule has 1 aliphatic rings. The summed E-state index contributed by atoms with van der Waals surface area (Å²) in [5.41, 5.74) is 2.61. The summed E-state index contributed by atoms with van der Waals surface area (Å²) >= 11 is 0. The number of hydrogen-bond donors (Lipinski definition) is 1. The number of carbonyl (C=O) groups excluding carboxylic acids is 1. The zero-order chi connectivity index (χ0) is 15.5. The maximum absolute atomic E-state index is 12.2. The quantitative estimate of drug-likeness (QED) is 0.938. The van der Waals surface area contributed by atoms with Gasteiger partial charge in [-0.2, -0.15) is 0 Å². The van der Waals surface area contributed by atoms with Crippen LogP contribution in [0.1, 0.15) is 42.7 Å². The van der Waals surface area contributed by atoms with Crippen molar-refractivity contribution in [2.75, 3.05) is 5.32 Å². The molecule has 0 spiro atoms. The molecule has 0 saturated heterocycles. The molecule has 0 atom stereocenters. The fraction of sp³-hybridized carbons (Fsp3) is 0.500. The van der Waals surface area contributed by atoms with Crippen molar-refractivity contribution in [1.82, 2.24) is 19.5 Å². The second kappa shape index (κ2) is 6.25. The largest absolute Gasteiger partial charge is 0.335 e. The van der Waals surface area contributed by atoms with Crippen LogP contribution < -0.4 is 5.32 Å². The molecular formula is C16H21N5O. The first-order chi connectivity index (χ1) is 10.6. The molecule has 116 valence electrons. The summed E-state index contributed by atoms with van der Waals surface area (Å²) < 4.78 is 2.16. The minimum absolute atomic E-state index is 0.122. The summed E-state index contributed by atoms with van der Waals surface area (Å²) in [6.07, 6.45) is 6.44. The Hall–Kier alpha value is -2.24. The van der Waals surface area contributed by atoms with Gasteiger partial charge in [-0.25, -0.2) is 15.0 Å². The molecule has 2 aromatic rings. The van der Waals surface area contributed by atoms with Gasteiger partial charge in [-0.15, -0.1) is 0 Å². The van der Waals surface area contributed by atoms with E-state index in [0.29, 0.717) is 5.95 Å². The van der Waals surface area contributed by atoms with Crippen LogP contribution in [0.25, 0.3) is 0 Å². The number of carbonyl (C=O) groups is 1. The number of rotatable bonds is 4. The fourth-order valence-corrected chi connectivity index (χ4v) is 2.76. The highest BCUT2D eigenvalue weighted by Crippen LogP contribution is 2.15. The van der Waals surface area contributed by atoms with E-state index in [2.05, 4.69) is 24.8 Å². The van der Waals surface area contributed by atoms with Crippen molar-refractivity contribution in [3.8, 4) is 0 Å². The van der Waals surface area contributed by atoms with Crippen LogP contribution >= 0.6 is 0 Å². The van der Waals surface area contributed by atoms with E-state index in [9.17, 15) is 4.79 Å². The molecular weight excluding hydrogens is 278 g/mol. The molecule has 0 unspecified atom stereocenters. The van der Waals surface area contributed by atoms with E-state index in [1.807, 2.05) is 26.1 Å². The van der Waals surface area contributed by atoms with Gasteiger partial charge >= 0.3 is 0 Å². The van der Waals surface area contributed by atoms with Gasteiger partial charge in [-0.3, -0.25) is 10.1 Å². The maximum Gasteiger partial charge on any atom is 0.232 e. The summed E-state index contributed by atoms with van der Waals surface area (Å²) in [5, 5.41) is 2.78. The lowest BCUT2D eigenvalue weighted by Gasteiger charge is -2.11. The van der Waals surface area contributed by atoms with Crippen molar-refractivity contribution in [1.29, 1.82) is 0 Å². The first-order valence-electron chi connectivity index (χ1n) is 7.83. The Kier molecular flexibility index (Phi) is 4.18. The van der Waals surface area contributed by atoms with Gasteiger partial charge in [0.2, 0.25) is 11.9 Å². The molecule has 1 N–H and O–H groups in total. The number of aromatic nitrogens is 4. The van der Waals surface area contributed by atoms with E-state index in [1.54, 1.807) is 0 Å². The standard InChI is InChI=1S/C16H21N5O/c1-3-12-8-11(2)17-16(19-12)20-15(22)9-13-10-21-7-5-4-6-14(21)18-13/h8,10H,3-7,9H2,1-2H3,(H,17,19,20,22). The number of nitrogens with one attached hydrogen (secondary N) is 1. The monoisotopic (exact) mass is 299 g/mol. The van der Waals surface area contributed by atoms with E-state index < -0.39 is 0 Å². The van der Waals surface area contributed by atoms with E-state index in [1.165, 1.54) is 12.8 Å². The molecule has 0 saturated carbocycles. The smallest absolute Gasteiger partial charge is 0.232 e. The van der Waals surface area contributed by atoms with Crippen molar-refractivity contribution in [2.45, 2.75) is 52.5 Å². The lowest BCUT2D eigenvalue weighted by molar-refractivity contribution is -0.115. The van der Waals surface area contributed by atoms with Crippen LogP contribution in [0, 0.1) is 6.92 Å². The lowest BCUT2D eigenvalue weighted by Crippen LogP contribution is -2.17. The number of imidazole rings is 1. The van der Waals surface area contributed by atoms with E-state index in [0.717, 1.165) is 42.3 Å². The van der Waals surface area contributed by atoms with Crippen LogP contribution in [0.3, 0.4) is 0 Å². The normalized spacial score (nSPS) is 13.7. The van der Waals surface area contributed by atoms with Crippen LogP contribution in [-0.4, -0.2) is 25.4 Å². The Morgan fingerprint density at radius 1 is 1.27 bits per heavy atom. The first kappa shape index (κ1) is 14.7. The maximum atomic E-state index is 12.2. The van der Waals surface area contributed by atoms with E-state index in [-0.39, 0.29) is 12.3 Å². The van der Waals surface area contributed by atoms with Gasteiger partial charge in [0.05, 0.1) is 12.1 Å². The Morgan fingerprint density at radius 2 is 2.14 bits per heavy atom. The Balaban J connectivity index is 1.67. The predicted molar refractivity (Wildman–Crippen MR) is 83.6 cm³/mol. The minimum atomic E-state index is -0.122. The second-order valence-electron chi connectivity index (χ2n) is 5.70. The average Bonchev–Trinajstić information content (AvgIpc) is 2.88. The van der Waals surface area contributed by atoms with Crippen molar-refractivity contribution in [3.05, 3.63) is 35.2 Å². The van der Waals surface area contributed by atoms with Gasteiger partial charge < -0.3 is 4.57 Å². The molecule has 0 fully saturated rings. The van der Waals surface area contributed by atoms with Crippen LogP contribution in [0.2, 0.25) is 0 Å². The molecule has 1 amide bonds. The molecule has 6 nitrogen and oxygen atoms in total. The van der Waals surface area contributed by atoms with Crippen LogP contribution in [-0.2, 0) is 30.6 Å². The summed E-state index contributed by atoms with van der Waals surface area (Å²) in [6.45, 7) is 4.94. The zero-order valence-corrected chi connectivity index (χ0v) is 13.1. The zero-order valence-electron chi connectivity index (χ0n) is 13.1. The van der Waals surface area contributed by atoms with Crippen molar-refractivity contribution in [3.63, 3.8) is 0 Å². The fourth-order valence-electron chi connectivity index (χ4n) is 2.76. The molecule has 0 bridgehead atoms. The number of fused-ring (bicyclic) bond motifs is 1. The van der Waals surface area contributed by atoms with Gasteiger partial charge in [0, 0.05) is 30.6 Å². The second-order valence-corrected chi connectivity index (χ2v) is 5.70. The Labute approximate surface area is 130 Å². The third-order valence-corrected chi connectivity index (χ3v) is 3.82.